The summed E-state index contributed by atoms with van der Waals surface area (Å²) in [5, 5.41) is 13.9. The molecular weight excluding hydrogens is 289 g/mol. The van der Waals surface area contributed by atoms with Gasteiger partial charge in [0.1, 0.15) is 5.82 Å². The van der Waals surface area contributed by atoms with E-state index in [-0.39, 0.29) is 11.7 Å². The number of carboxylic acids is 1. The van der Waals surface area contributed by atoms with E-state index < -0.39 is 5.97 Å². The second-order valence-electron chi connectivity index (χ2n) is 4.41. The number of aromatic nitrogens is 3. The number of nitrogens with zero attached hydrogens (tertiary/aromatic N) is 3. The number of carbonyl (C=O) groups is 1. The lowest BCUT2D eigenvalue weighted by Crippen LogP contribution is -2.03. The van der Waals surface area contributed by atoms with Crippen LogP contribution in [0.25, 0.3) is 5.69 Å². The number of aromatic carboxylic acids is 1. The molecule has 3 rings (SSSR count). The van der Waals surface area contributed by atoms with Gasteiger partial charge in [0.2, 0.25) is 0 Å². The third-order valence-corrected chi connectivity index (χ3v) is 3.29. The van der Waals surface area contributed by atoms with Crippen LogP contribution in [0.4, 0.5) is 0 Å². The SMILES string of the molecule is O=C(O)c1nc(C2CC2)n(-c2cc(Cl)cc(Cl)c2)n1. The monoisotopic (exact) mass is 297 g/mol. The Bertz CT molecular complexity index is 645. The van der Waals surface area contributed by atoms with Gasteiger partial charge in [0.05, 0.1) is 5.69 Å². The first-order valence-corrected chi connectivity index (χ1v) is 6.47. The molecule has 5 nitrogen and oxygen atoms in total. The van der Waals surface area contributed by atoms with Crippen molar-refractivity contribution >= 4 is 29.2 Å². The minimum Gasteiger partial charge on any atom is -0.475 e. The fourth-order valence-electron chi connectivity index (χ4n) is 1.87. The van der Waals surface area contributed by atoms with E-state index in [1.165, 1.54) is 4.68 Å². The fourth-order valence-corrected chi connectivity index (χ4v) is 2.39. The molecule has 1 saturated carbocycles. The van der Waals surface area contributed by atoms with Gasteiger partial charge in [0.15, 0.2) is 0 Å². The standard InChI is InChI=1S/C12H9Cl2N3O2/c13-7-3-8(14)5-9(4-7)17-11(6-1-2-6)15-10(16-17)12(18)19/h3-6H,1-2H2,(H,18,19). The summed E-state index contributed by atoms with van der Waals surface area (Å²) in [6.07, 6.45) is 1.98. The Morgan fingerprint density at radius 3 is 2.42 bits per heavy atom. The average Bonchev–Trinajstić information content (AvgIpc) is 3.06. The molecule has 2 aromatic rings. The Labute approximate surface area is 118 Å². The van der Waals surface area contributed by atoms with Crippen LogP contribution >= 0.6 is 23.2 Å². The Morgan fingerprint density at radius 2 is 1.89 bits per heavy atom. The number of hydrogen-bond acceptors (Lipinski definition) is 3. The molecule has 1 fully saturated rings. The van der Waals surface area contributed by atoms with Gasteiger partial charge in [-0.25, -0.2) is 14.5 Å². The van der Waals surface area contributed by atoms with Gasteiger partial charge in [-0.2, -0.15) is 0 Å². The largest absolute Gasteiger partial charge is 0.475 e. The van der Waals surface area contributed by atoms with E-state index in [2.05, 4.69) is 10.1 Å². The molecule has 19 heavy (non-hydrogen) atoms. The number of rotatable bonds is 3. The molecule has 1 aromatic heterocycles. The molecule has 0 aliphatic heterocycles. The van der Waals surface area contributed by atoms with Crippen molar-refractivity contribution in [1.29, 1.82) is 0 Å². The summed E-state index contributed by atoms with van der Waals surface area (Å²) in [7, 11) is 0. The maximum Gasteiger partial charge on any atom is 0.375 e. The van der Waals surface area contributed by atoms with E-state index in [1.807, 2.05) is 0 Å². The van der Waals surface area contributed by atoms with E-state index in [4.69, 9.17) is 28.3 Å². The Morgan fingerprint density at radius 1 is 1.26 bits per heavy atom. The zero-order valence-corrected chi connectivity index (χ0v) is 11.2. The predicted octanol–water partition coefficient (Wildman–Crippen LogP) is 3.15. The van der Waals surface area contributed by atoms with Crippen LogP contribution in [-0.2, 0) is 0 Å². The van der Waals surface area contributed by atoms with E-state index >= 15 is 0 Å². The fraction of sp³-hybridized carbons (Fsp3) is 0.250. The lowest BCUT2D eigenvalue weighted by atomic mass is 10.3. The molecule has 1 N–H and O–H groups in total. The first-order chi connectivity index (χ1) is 9.04. The van der Waals surface area contributed by atoms with Crippen molar-refractivity contribution in [3.8, 4) is 5.69 Å². The molecule has 0 atom stereocenters. The van der Waals surface area contributed by atoms with Crippen molar-refractivity contribution < 1.29 is 9.90 Å². The average molecular weight is 298 g/mol. The Kier molecular flexibility index (Phi) is 2.95. The first-order valence-electron chi connectivity index (χ1n) is 5.71. The van der Waals surface area contributed by atoms with Crippen molar-refractivity contribution in [2.24, 2.45) is 0 Å². The number of hydrogen-bond donors (Lipinski definition) is 1. The molecule has 98 valence electrons. The second-order valence-corrected chi connectivity index (χ2v) is 5.29. The molecular formula is C12H9Cl2N3O2. The van der Waals surface area contributed by atoms with Gasteiger partial charge in [-0.15, -0.1) is 5.10 Å². The van der Waals surface area contributed by atoms with Gasteiger partial charge in [0.25, 0.3) is 5.82 Å². The molecule has 1 aliphatic rings. The molecule has 0 unspecified atom stereocenters. The van der Waals surface area contributed by atoms with Gasteiger partial charge in [0, 0.05) is 16.0 Å². The molecule has 1 heterocycles. The van der Waals surface area contributed by atoms with E-state index in [9.17, 15) is 4.79 Å². The molecule has 0 bridgehead atoms. The molecule has 1 aromatic carbocycles. The normalized spacial score (nSPS) is 14.6. The van der Waals surface area contributed by atoms with Gasteiger partial charge in [-0.3, -0.25) is 0 Å². The third-order valence-electron chi connectivity index (χ3n) is 2.86. The number of carboxylic acid groups (broad SMARTS) is 1. The van der Waals surface area contributed by atoms with Gasteiger partial charge < -0.3 is 5.11 Å². The molecule has 7 heteroatoms. The van der Waals surface area contributed by atoms with Crippen molar-refractivity contribution in [1.82, 2.24) is 14.8 Å². The molecule has 1 aliphatic carbocycles. The summed E-state index contributed by atoms with van der Waals surface area (Å²) >= 11 is 11.9. The zero-order valence-electron chi connectivity index (χ0n) is 9.68. The minimum absolute atomic E-state index is 0.210. The van der Waals surface area contributed by atoms with E-state index in [0.717, 1.165) is 12.8 Å². The number of halogens is 2. The van der Waals surface area contributed by atoms with Crippen LogP contribution in [0.3, 0.4) is 0 Å². The minimum atomic E-state index is -1.14. The predicted molar refractivity (Wildman–Crippen MR) is 70.3 cm³/mol. The van der Waals surface area contributed by atoms with Crippen LogP contribution in [0.15, 0.2) is 18.2 Å². The number of benzene rings is 1. The third kappa shape index (κ3) is 2.43. The highest BCUT2D eigenvalue weighted by Gasteiger charge is 2.31. The quantitative estimate of drug-likeness (QED) is 0.945. The highest BCUT2D eigenvalue weighted by atomic mass is 35.5. The van der Waals surface area contributed by atoms with Crippen molar-refractivity contribution in [2.75, 3.05) is 0 Å². The highest BCUT2D eigenvalue weighted by molar-refractivity contribution is 6.34. The van der Waals surface area contributed by atoms with Crippen molar-refractivity contribution in [3.05, 3.63) is 39.9 Å². The summed E-state index contributed by atoms with van der Waals surface area (Å²) in [6, 6.07) is 4.97. The van der Waals surface area contributed by atoms with Gasteiger partial charge in [-0.05, 0) is 31.0 Å². The first kappa shape index (κ1) is 12.4. The lowest BCUT2D eigenvalue weighted by Gasteiger charge is -2.06. The van der Waals surface area contributed by atoms with Crippen LogP contribution in [0.1, 0.15) is 35.2 Å². The van der Waals surface area contributed by atoms with Crippen molar-refractivity contribution in [2.45, 2.75) is 18.8 Å². The lowest BCUT2D eigenvalue weighted by molar-refractivity contribution is 0.0683. The maximum absolute atomic E-state index is 11.0. The van der Waals surface area contributed by atoms with Crippen LogP contribution in [-0.4, -0.2) is 25.8 Å². The molecule has 0 spiro atoms. The van der Waals surface area contributed by atoms with Gasteiger partial charge >= 0.3 is 5.97 Å². The summed E-state index contributed by atoms with van der Waals surface area (Å²) in [6.45, 7) is 0. The van der Waals surface area contributed by atoms with Crippen LogP contribution in [0.5, 0.6) is 0 Å². The highest BCUT2D eigenvalue weighted by Crippen LogP contribution is 2.40. The molecule has 0 radical (unpaired) electrons. The van der Waals surface area contributed by atoms with E-state index in [0.29, 0.717) is 21.6 Å². The summed E-state index contributed by atoms with van der Waals surface area (Å²) in [5.41, 5.74) is 0.624. The Balaban J connectivity index is 2.14. The second kappa shape index (κ2) is 4.51. The smallest absolute Gasteiger partial charge is 0.375 e. The topological polar surface area (TPSA) is 68.0 Å². The van der Waals surface area contributed by atoms with E-state index in [1.54, 1.807) is 18.2 Å². The zero-order chi connectivity index (χ0) is 13.6. The summed E-state index contributed by atoms with van der Waals surface area (Å²) < 4.78 is 1.51. The summed E-state index contributed by atoms with van der Waals surface area (Å²) in [5.74, 6) is -0.444. The van der Waals surface area contributed by atoms with Gasteiger partial charge in [-0.1, -0.05) is 23.2 Å². The van der Waals surface area contributed by atoms with Crippen LogP contribution in [0, 0.1) is 0 Å². The van der Waals surface area contributed by atoms with Crippen molar-refractivity contribution in [3.63, 3.8) is 0 Å². The maximum atomic E-state index is 11.0. The Hall–Kier alpha value is -1.59. The molecule has 0 saturated heterocycles. The summed E-state index contributed by atoms with van der Waals surface area (Å²) in [4.78, 5) is 15.1. The van der Waals surface area contributed by atoms with Crippen LogP contribution in [0.2, 0.25) is 10.0 Å². The molecule has 0 amide bonds. The van der Waals surface area contributed by atoms with Crippen LogP contribution < -0.4 is 0 Å².